The van der Waals surface area contributed by atoms with Gasteiger partial charge in [0.15, 0.2) is 0 Å². The van der Waals surface area contributed by atoms with Crippen LogP contribution in [0.15, 0.2) is 29.4 Å². The van der Waals surface area contributed by atoms with Crippen LogP contribution in [0.1, 0.15) is 21.7 Å². The molecule has 2 aromatic rings. The average molecular weight is 256 g/mol. The predicted octanol–water partition coefficient (Wildman–Crippen LogP) is 3.08. The molecule has 0 bridgehead atoms. The maximum atomic E-state index is 8.68. The van der Waals surface area contributed by atoms with Gasteiger partial charge in [-0.2, -0.15) is 10.4 Å². The Morgan fingerprint density at radius 3 is 2.61 bits per heavy atom. The monoisotopic (exact) mass is 256 g/mol. The van der Waals surface area contributed by atoms with E-state index in [-0.39, 0.29) is 0 Å². The molecule has 1 N–H and O–H groups in total. The molecule has 0 radical (unpaired) electrons. The zero-order valence-electron chi connectivity index (χ0n) is 10.1. The Kier molecular flexibility index (Phi) is 3.70. The first-order chi connectivity index (χ1) is 8.69. The first-order valence-corrected chi connectivity index (χ1v) is 6.24. The fourth-order valence-corrected chi connectivity index (χ4v) is 2.09. The lowest BCUT2D eigenvalue weighted by molar-refractivity contribution is 1.20. The normalized spacial score (nSPS) is 10.5. The molecule has 0 aliphatic heterocycles. The number of nitrogens with one attached hydrogen (secondary N) is 1. The van der Waals surface area contributed by atoms with Crippen molar-refractivity contribution in [3.05, 3.63) is 46.0 Å². The van der Waals surface area contributed by atoms with Gasteiger partial charge in [0.05, 0.1) is 23.5 Å². The van der Waals surface area contributed by atoms with E-state index in [0.717, 1.165) is 16.4 Å². The third-order valence-corrected chi connectivity index (χ3v) is 3.42. The number of aromatic nitrogens is 1. The number of rotatable bonds is 3. The molecule has 0 saturated carbocycles. The van der Waals surface area contributed by atoms with Gasteiger partial charge in [-0.25, -0.2) is 4.98 Å². The summed E-state index contributed by atoms with van der Waals surface area (Å²) in [5, 5.41) is 13.6. The van der Waals surface area contributed by atoms with E-state index in [1.807, 2.05) is 26.0 Å². The number of hydrogen-bond acceptors (Lipinski definition) is 5. The van der Waals surface area contributed by atoms with E-state index in [9.17, 15) is 0 Å². The SMILES string of the molecule is Cc1nc(N/N=C\c2ccc(C#N)cc2)sc1C. The molecular formula is C13H12N4S. The number of benzene rings is 1. The van der Waals surface area contributed by atoms with Crippen LogP contribution in [0.2, 0.25) is 0 Å². The van der Waals surface area contributed by atoms with Gasteiger partial charge in [-0.1, -0.05) is 12.1 Å². The van der Waals surface area contributed by atoms with Gasteiger partial charge in [-0.3, -0.25) is 5.43 Å². The molecule has 0 aliphatic rings. The van der Waals surface area contributed by atoms with E-state index < -0.39 is 0 Å². The molecule has 2 rings (SSSR count). The molecular weight excluding hydrogens is 244 g/mol. The van der Waals surface area contributed by atoms with Gasteiger partial charge in [0.1, 0.15) is 0 Å². The summed E-state index contributed by atoms with van der Waals surface area (Å²) < 4.78 is 0. The van der Waals surface area contributed by atoms with Crippen molar-refractivity contribution in [1.82, 2.24) is 4.98 Å². The van der Waals surface area contributed by atoms with Crippen molar-refractivity contribution in [2.45, 2.75) is 13.8 Å². The predicted molar refractivity (Wildman–Crippen MR) is 74.0 cm³/mol. The summed E-state index contributed by atoms with van der Waals surface area (Å²) in [6, 6.07) is 9.30. The van der Waals surface area contributed by atoms with Crippen LogP contribution in [0.5, 0.6) is 0 Å². The van der Waals surface area contributed by atoms with Crippen LogP contribution >= 0.6 is 11.3 Å². The number of aryl methyl sites for hydroxylation is 2. The zero-order valence-corrected chi connectivity index (χ0v) is 11.0. The molecule has 0 amide bonds. The first kappa shape index (κ1) is 12.3. The summed E-state index contributed by atoms with van der Waals surface area (Å²) in [7, 11) is 0. The molecule has 1 aromatic carbocycles. The van der Waals surface area contributed by atoms with Gasteiger partial charge in [-0.05, 0) is 31.5 Å². The number of anilines is 1. The van der Waals surface area contributed by atoms with Crippen molar-refractivity contribution >= 4 is 22.7 Å². The molecule has 0 saturated heterocycles. The Morgan fingerprint density at radius 2 is 2.06 bits per heavy atom. The van der Waals surface area contributed by atoms with Gasteiger partial charge in [-0.15, -0.1) is 11.3 Å². The molecule has 90 valence electrons. The quantitative estimate of drug-likeness (QED) is 0.678. The van der Waals surface area contributed by atoms with Crippen LogP contribution < -0.4 is 5.43 Å². The van der Waals surface area contributed by atoms with E-state index in [1.54, 1.807) is 29.7 Å². The molecule has 5 heteroatoms. The topological polar surface area (TPSA) is 61.1 Å². The van der Waals surface area contributed by atoms with E-state index in [4.69, 9.17) is 5.26 Å². The largest absolute Gasteiger partial charge is 0.253 e. The van der Waals surface area contributed by atoms with Crippen molar-refractivity contribution in [3.63, 3.8) is 0 Å². The molecule has 0 spiro atoms. The van der Waals surface area contributed by atoms with Crippen molar-refractivity contribution in [2.75, 3.05) is 5.43 Å². The second-order valence-corrected chi connectivity index (χ2v) is 4.97. The summed E-state index contributed by atoms with van der Waals surface area (Å²) in [4.78, 5) is 5.51. The van der Waals surface area contributed by atoms with Crippen LogP contribution in [0.4, 0.5) is 5.13 Å². The molecule has 0 fully saturated rings. The Balaban J connectivity index is 2.00. The minimum Gasteiger partial charge on any atom is -0.253 e. The summed E-state index contributed by atoms with van der Waals surface area (Å²) in [6.07, 6.45) is 1.70. The summed E-state index contributed by atoms with van der Waals surface area (Å²) in [5.74, 6) is 0. The number of hydrazone groups is 1. The average Bonchev–Trinajstić information content (AvgIpc) is 2.69. The van der Waals surface area contributed by atoms with Crippen molar-refractivity contribution < 1.29 is 0 Å². The number of nitrogens with zero attached hydrogens (tertiary/aromatic N) is 3. The highest BCUT2D eigenvalue weighted by molar-refractivity contribution is 7.15. The maximum absolute atomic E-state index is 8.68. The molecule has 1 aromatic heterocycles. The second-order valence-electron chi connectivity index (χ2n) is 3.76. The molecule has 1 heterocycles. The number of nitriles is 1. The van der Waals surface area contributed by atoms with E-state index in [1.165, 1.54) is 4.88 Å². The van der Waals surface area contributed by atoms with Gasteiger partial charge in [0.2, 0.25) is 5.13 Å². The van der Waals surface area contributed by atoms with E-state index in [0.29, 0.717) is 5.56 Å². The van der Waals surface area contributed by atoms with Crippen LogP contribution in [0.25, 0.3) is 0 Å². The minimum atomic E-state index is 0.645. The fourth-order valence-electron chi connectivity index (χ4n) is 1.33. The Labute approximate surface area is 110 Å². The lowest BCUT2D eigenvalue weighted by Crippen LogP contribution is -1.90. The van der Waals surface area contributed by atoms with Crippen molar-refractivity contribution in [1.29, 1.82) is 5.26 Å². The summed E-state index contributed by atoms with van der Waals surface area (Å²) in [6.45, 7) is 4.00. The fraction of sp³-hybridized carbons (Fsp3) is 0.154. The van der Waals surface area contributed by atoms with Gasteiger partial charge >= 0.3 is 0 Å². The number of hydrogen-bond donors (Lipinski definition) is 1. The van der Waals surface area contributed by atoms with Crippen LogP contribution in [0.3, 0.4) is 0 Å². The third kappa shape index (κ3) is 2.93. The smallest absolute Gasteiger partial charge is 0.203 e. The van der Waals surface area contributed by atoms with E-state index in [2.05, 4.69) is 21.6 Å². The number of thiazole rings is 1. The van der Waals surface area contributed by atoms with Crippen LogP contribution in [-0.2, 0) is 0 Å². The standard InChI is InChI=1S/C13H12N4S/c1-9-10(2)18-13(16-9)17-15-8-12-5-3-11(7-14)4-6-12/h3-6,8H,1-2H3,(H,16,17)/b15-8-. The summed E-state index contributed by atoms with van der Waals surface area (Å²) >= 11 is 1.58. The Bertz CT molecular complexity index is 585. The minimum absolute atomic E-state index is 0.645. The lowest BCUT2D eigenvalue weighted by atomic mass is 10.2. The lowest BCUT2D eigenvalue weighted by Gasteiger charge is -1.94. The molecule has 0 atom stereocenters. The second kappa shape index (κ2) is 5.43. The molecule has 4 nitrogen and oxygen atoms in total. The van der Waals surface area contributed by atoms with Gasteiger partial charge < -0.3 is 0 Å². The van der Waals surface area contributed by atoms with Crippen LogP contribution in [0, 0.1) is 25.2 Å². The molecule has 0 unspecified atom stereocenters. The zero-order chi connectivity index (χ0) is 13.0. The van der Waals surface area contributed by atoms with Crippen molar-refractivity contribution in [2.24, 2.45) is 5.10 Å². The van der Waals surface area contributed by atoms with Gasteiger partial charge in [0, 0.05) is 4.88 Å². The molecule has 18 heavy (non-hydrogen) atoms. The highest BCUT2D eigenvalue weighted by atomic mass is 32.1. The highest BCUT2D eigenvalue weighted by Gasteiger charge is 2.00. The first-order valence-electron chi connectivity index (χ1n) is 5.42. The van der Waals surface area contributed by atoms with E-state index >= 15 is 0 Å². The Morgan fingerprint density at radius 1 is 1.33 bits per heavy atom. The maximum Gasteiger partial charge on any atom is 0.203 e. The van der Waals surface area contributed by atoms with Crippen molar-refractivity contribution in [3.8, 4) is 6.07 Å². The van der Waals surface area contributed by atoms with Gasteiger partial charge in [0.25, 0.3) is 0 Å². The Hall–Kier alpha value is -2.19. The third-order valence-electron chi connectivity index (χ3n) is 2.44. The molecule has 0 aliphatic carbocycles. The highest BCUT2D eigenvalue weighted by Crippen LogP contribution is 2.20. The van der Waals surface area contributed by atoms with Crippen LogP contribution in [-0.4, -0.2) is 11.2 Å². The summed E-state index contributed by atoms with van der Waals surface area (Å²) in [5.41, 5.74) is 5.50.